The van der Waals surface area contributed by atoms with Crippen molar-refractivity contribution in [1.29, 1.82) is 0 Å². The van der Waals surface area contributed by atoms with Gasteiger partial charge in [0.2, 0.25) is 0 Å². The quantitative estimate of drug-likeness (QED) is 0.482. The van der Waals surface area contributed by atoms with Crippen LogP contribution in [0.5, 0.6) is 0 Å². The maximum atomic E-state index is 14.2. The molecule has 1 fully saturated rings. The van der Waals surface area contributed by atoms with Crippen molar-refractivity contribution in [3.8, 4) is 0 Å². The summed E-state index contributed by atoms with van der Waals surface area (Å²) < 4.78 is 51.1. The average Bonchev–Trinajstić information content (AvgIpc) is 3.18. The molecule has 166 valence electrons. The Bertz CT molecular complexity index is 1250. The molecule has 5 rings (SSSR count). The Hall–Kier alpha value is -2.54. The summed E-state index contributed by atoms with van der Waals surface area (Å²) in [4.78, 5) is 0.127. The Morgan fingerprint density at radius 3 is 2.41 bits per heavy atom. The van der Waals surface area contributed by atoms with Crippen LogP contribution in [0.2, 0.25) is 0 Å². The van der Waals surface area contributed by atoms with Gasteiger partial charge < -0.3 is 4.74 Å². The lowest BCUT2D eigenvalue weighted by Gasteiger charge is -2.20. The van der Waals surface area contributed by atoms with E-state index < -0.39 is 16.2 Å². The predicted molar refractivity (Wildman–Crippen MR) is 120 cm³/mol. The molecule has 0 amide bonds. The number of rotatable bonds is 4. The lowest BCUT2D eigenvalue weighted by molar-refractivity contribution is 0.0156. The molecule has 0 spiro atoms. The second-order valence-corrected chi connectivity index (χ2v) is 10.3. The molecule has 0 aromatic heterocycles. The Balaban J connectivity index is 1.44. The molecule has 1 saturated heterocycles. The number of fused-ring (bicyclic) bond motifs is 5. The molecule has 0 bridgehead atoms. The van der Waals surface area contributed by atoms with Gasteiger partial charge in [-0.2, -0.15) is 8.42 Å². The van der Waals surface area contributed by atoms with E-state index in [1.54, 1.807) is 30.3 Å². The zero-order valence-electron chi connectivity index (χ0n) is 18.0. The van der Waals surface area contributed by atoms with Crippen molar-refractivity contribution in [2.24, 2.45) is 0 Å². The van der Waals surface area contributed by atoms with Crippen LogP contribution in [0.1, 0.15) is 59.1 Å². The Labute approximate surface area is 188 Å². The van der Waals surface area contributed by atoms with E-state index in [-0.39, 0.29) is 35.3 Å². The first-order valence-electron chi connectivity index (χ1n) is 10.8. The second-order valence-electron chi connectivity index (χ2n) is 8.70. The van der Waals surface area contributed by atoms with E-state index in [4.69, 9.17) is 8.92 Å². The first-order valence-corrected chi connectivity index (χ1v) is 12.2. The summed E-state index contributed by atoms with van der Waals surface area (Å²) in [6.07, 6.45) is -0.154. The van der Waals surface area contributed by atoms with Crippen LogP contribution in [0, 0.1) is 12.7 Å². The van der Waals surface area contributed by atoms with E-state index >= 15 is 0 Å². The van der Waals surface area contributed by atoms with Gasteiger partial charge in [0.05, 0.1) is 23.7 Å². The molecule has 32 heavy (non-hydrogen) atoms. The fourth-order valence-corrected chi connectivity index (χ4v) is 5.92. The average molecular weight is 453 g/mol. The van der Waals surface area contributed by atoms with Crippen LogP contribution >= 0.6 is 0 Å². The molecule has 3 aromatic rings. The van der Waals surface area contributed by atoms with Crippen molar-refractivity contribution in [3.05, 3.63) is 100 Å². The molecular weight excluding hydrogens is 427 g/mol. The number of ether oxygens (including phenoxy) is 1. The van der Waals surface area contributed by atoms with E-state index in [2.05, 4.69) is 19.1 Å². The first-order chi connectivity index (χ1) is 15.3. The Morgan fingerprint density at radius 1 is 0.969 bits per heavy atom. The molecule has 6 heteroatoms. The summed E-state index contributed by atoms with van der Waals surface area (Å²) in [5.41, 5.74) is 5.22. The lowest BCUT2D eigenvalue weighted by Crippen LogP contribution is -2.19. The molecule has 0 radical (unpaired) electrons. The standard InChI is InChI=1S/C26H25FO4S/c1-16-7-10-20(11-8-16)32(28,29)30-15-19-14-25-23-6-4-3-5-21(23)17(2)22-12-9-18(27)13-24(22)26(25)31-19/h3-13,17,19,25-26H,14-15H2,1-2H3/t17-,19-,25-,26-/m1/s1. The van der Waals surface area contributed by atoms with Crippen LogP contribution in [-0.4, -0.2) is 21.1 Å². The van der Waals surface area contributed by atoms with Crippen molar-refractivity contribution >= 4 is 10.1 Å². The van der Waals surface area contributed by atoms with Gasteiger partial charge in [0.1, 0.15) is 5.82 Å². The largest absolute Gasteiger partial charge is 0.367 e. The van der Waals surface area contributed by atoms with E-state index in [0.717, 1.165) is 16.7 Å². The third-order valence-corrected chi connectivity index (χ3v) is 7.92. The maximum absolute atomic E-state index is 14.2. The molecule has 4 atom stereocenters. The second kappa shape index (κ2) is 8.10. The fourth-order valence-electron chi connectivity index (χ4n) is 4.99. The number of hydrogen-bond acceptors (Lipinski definition) is 4. The topological polar surface area (TPSA) is 52.6 Å². The minimum Gasteiger partial charge on any atom is -0.367 e. The summed E-state index contributed by atoms with van der Waals surface area (Å²) in [6.45, 7) is 3.95. The van der Waals surface area contributed by atoms with Gasteiger partial charge in [-0.05, 0) is 59.9 Å². The first kappa shape index (κ1) is 21.3. The van der Waals surface area contributed by atoms with Gasteiger partial charge in [-0.1, -0.05) is 55.0 Å². The zero-order chi connectivity index (χ0) is 22.5. The molecule has 1 aliphatic heterocycles. The molecule has 3 aromatic carbocycles. The van der Waals surface area contributed by atoms with Gasteiger partial charge in [0, 0.05) is 11.8 Å². The molecule has 1 aliphatic carbocycles. The molecule has 4 nitrogen and oxygen atoms in total. The Kier molecular flexibility index (Phi) is 5.40. The third kappa shape index (κ3) is 3.76. The maximum Gasteiger partial charge on any atom is 0.297 e. The zero-order valence-corrected chi connectivity index (χ0v) is 18.8. The molecule has 2 aliphatic rings. The number of halogens is 1. The van der Waals surface area contributed by atoms with E-state index in [1.165, 1.54) is 17.2 Å². The van der Waals surface area contributed by atoms with Crippen LogP contribution < -0.4 is 0 Å². The van der Waals surface area contributed by atoms with Crippen LogP contribution in [0.25, 0.3) is 0 Å². The van der Waals surface area contributed by atoms with Crippen molar-refractivity contribution in [2.75, 3.05) is 6.61 Å². The van der Waals surface area contributed by atoms with Gasteiger partial charge in [-0.25, -0.2) is 4.39 Å². The lowest BCUT2D eigenvalue weighted by atomic mass is 9.86. The smallest absolute Gasteiger partial charge is 0.297 e. The minimum atomic E-state index is -3.88. The monoisotopic (exact) mass is 452 g/mol. The normalized spacial score (nSPS) is 24.3. The fraction of sp³-hybridized carbons (Fsp3) is 0.308. The highest BCUT2D eigenvalue weighted by atomic mass is 32.2. The number of benzene rings is 3. The van der Waals surface area contributed by atoms with Crippen LogP contribution in [0.3, 0.4) is 0 Å². The summed E-state index contributed by atoms with van der Waals surface area (Å²) in [5, 5.41) is 0. The Morgan fingerprint density at radius 2 is 1.66 bits per heavy atom. The van der Waals surface area contributed by atoms with Gasteiger partial charge in [-0.3, -0.25) is 4.18 Å². The van der Waals surface area contributed by atoms with Crippen LogP contribution in [0.4, 0.5) is 4.39 Å². The predicted octanol–water partition coefficient (Wildman–Crippen LogP) is 5.62. The van der Waals surface area contributed by atoms with Crippen molar-refractivity contribution in [3.63, 3.8) is 0 Å². The van der Waals surface area contributed by atoms with E-state index in [1.807, 2.05) is 25.1 Å². The van der Waals surface area contributed by atoms with Crippen molar-refractivity contribution in [2.45, 2.75) is 49.2 Å². The molecule has 0 N–H and O–H groups in total. The highest BCUT2D eigenvalue weighted by molar-refractivity contribution is 7.86. The third-order valence-electron chi connectivity index (χ3n) is 6.62. The SMILES string of the molecule is Cc1ccc(S(=O)(=O)OC[C@H]2C[C@@H]3c4ccccc4[C@@H](C)c4ccc(F)cc4[C@H]3O2)cc1. The minimum absolute atomic E-state index is 0.00683. The molecule has 1 heterocycles. The summed E-state index contributed by atoms with van der Waals surface area (Å²) in [5.74, 6) is -0.175. The molecule has 0 saturated carbocycles. The van der Waals surface area contributed by atoms with Crippen molar-refractivity contribution in [1.82, 2.24) is 0 Å². The summed E-state index contributed by atoms with van der Waals surface area (Å²) in [6, 6.07) is 19.7. The van der Waals surface area contributed by atoms with Gasteiger partial charge in [0.25, 0.3) is 10.1 Å². The molecular formula is C26H25FO4S. The van der Waals surface area contributed by atoms with Gasteiger partial charge in [-0.15, -0.1) is 0 Å². The molecule has 0 unspecified atom stereocenters. The number of hydrogen-bond donors (Lipinski definition) is 0. The van der Waals surface area contributed by atoms with Crippen LogP contribution in [-0.2, 0) is 19.0 Å². The number of aryl methyl sites for hydroxylation is 1. The van der Waals surface area contributed by atoms with E-state index in [0.29, 0.717) is 6.42 Å². The summed E-state index contributed by atoms with van der Waals surface area (Å²) >= 11 is 0. The highest BCUT2D eigenvalue weighted by Crippen LogP contribution is 2.52. The highest BCUT2D eigenvalue weighted by Gasteiger charge is 2.42. The van der Waals surface area contributed by atoms with Gasteiger partial charge in [0.15, 0.2) is 0 Å². The summed E-state index contributed by atoms with van der Waals surface area (Å²) in [7, 11) is -3.88. The van der Waals surface area contributed by atoms with Crippen LogP contribution in [0.15, 0.2) is 71.6 Å². The van der Waals surface area contributed by atoms with Crippen molar-refractivity contribution < 1.29 is 21.7 Å². The van der Waals surface area contributed by atoms with E-state index in [9.17, 15) is 12.8 Å². The van der Waals surface area contributed by atoms with Gasteiger partial charge >= 0.3 is 0 Å².